The van der Waals surface area contributed by atoms with E-state index in [4.69, 9.17) is 0 Å². The van der Waals surface area contributed by atoms with Crippen LogP contribution in [0.15, 0.2) is 26.6 Å². The van der Waals surface area contributed by atoms with Gasteiger partial charge in [0.1, 0.15) is 0 Å². The lowest BCUT2D eigenvalue weighted by molar-refractivity contribution is -0.105. The van der Waals surface area contributed by atoms with Crippen molar-refractivity contribution in [2.45, 2.75) is 24.9 Å². The number of hydrogen-bond donors (Lipinski definition) is 0. The summed E-state index contributed by atoms with van der Waals surface area (Å²) < 4.78 is 39.3. The van der Waals surface area contributed by atoms with Crippen LogP contribution in [0.5, 0.6) is 0 Å². The van der Waals surface area contributed by atoms with E-state index in [0.29, 0.717) is 33.3 Å². The van der Waals surface area contributed by atoms with Crippen LogP contribution >= 0.6 is 11.8 Å². The Morgan fingerprint density at radius 1 is 1.12 bits per heavy atom. The topological polar surface area (TPSA) is 56.9 Å². The quantitative estimate of drug-likeness (QED) is 0.790. The maximum absolute atomic E-state index is 12.5. The monoisotopic (exact) mass is 359 g/mol. The molecule has 1 aromatic heterocycles. The van der Waals surface area contributed by atoms with Crippen molar-refractivity contribution < 1.29 is 13.2 Å². The van der Waals surface area contributed by atoms with E-state index in [0.717, 1.165) is 9.25 Å². The predicted molar refractivity (Wildman–Crippen MR) is 86.4 cm³/mol. The minimum absolute atomic E-state index is 0.0333. The molecule has 0 amide bonds. The average molecular weight is 359 g/mol. The van der Waals surface area contributed by atoms with Crippen LogP contribution in [0.1, 0.15) is 11.1 Å². The second-order valence-corrected chi connectivity index (χ2v) is 6.47. The molecule has 0 saturated heterocycles. The molecule has 2 aromatic rings. The lowest BCUT2D eigenvalue weighted by Gasteiger charge is -2.13. The van der Waals surface area contributed by atoms with Crippen molar-refractivity contribution in [1.82, 2.24) is 14.3 Å². The van der Waals surface area contributed by atoms with E-state index >= 15 is 0 Å². The average Bonchev–Trinajstić information content (AvgIpc) is 2.47. The highest BCUT2D eigenvalue weighted by Crippen LogP contribution is 2.33. The summed E-state index contributed by atoms with van der Waals surface area (Å²) in [6.07, 6.45) is -4.28. The van der Waals surface area contributed by atoms with Crippen LogP contribution < -0.4 is 11.2 Å². The molecule has 1 heterocycles. The Labute approximate surface area is 140 Å². The molecule has 0 saturated carbocycles. The highest BCUT2D eigenvalue weighted by atomic mass is 32.2. The minimum atomic E-state index is -4.28. The molecule has 0 radical (unpaired) electrons. The fourth-order valence-electron chi connectivity index (χ4n) is 2.27. The lowest BCUT2D eigenvalue weighted by Crippen LogP contribution is -2.39. The minimum Gasteiger partial charge on any atom is -0.267 e. The molecule has 0 bridgehead atoms. The molecule has 0 unspecified atom stereocenters. The summed E-state index contributed by atoms with van der Waals surface area (Å²) >= 11 is 0.659. The third kappa shape index (κ3) is 3.72. The van der Waals surface area contributed by atoms with Crippen molar-refractivity contribution in [2.75, 3.05) is 5.75 Å². The van der Waals surface area contributed by atoms with Gasteiger partial charge in [0.05, 0.1) is 5.75 Å². The van der Waals surface area contributed by atoms with Crippen LogP contribution in [0.2, 0.25) is 0 Å². The Morgan fingerprint density at radius 2 is 1.75 bits per heavy atom. The van der Waals surface area contributed by atoms with Crippen LogP contribution in [0.25, 0.3) is 11.3 Å². The Morgan fingerprint density at radius 3 is 2.33 bits per heavy atom. The number of nitrogens with zero attached hydrogens (tertiary/aromatic N) is 3. The van der Waals surface area contributed by atoms with E-state index in [9.17, 15) is 22.8 Å². The van der Waals surface area contributed by atoms with Gasteiger partial charge in [-0.25, -0.2) is 9.48 Å². The van der Waals surface area contributed by atoms with Crippen LogP contribution in [-0.4, -0.2) is 26.3 Å². The first kappa shape index (κ1) is 18.3. The van der Waals surface area contributed by atoms with E-state index in [1.54, 1.807) is 19.9 Å². The number of thioether (sulfide) groups is 1. The van der Waals surface area contributed by atoms with E-state index in [1.807, 2.05) is 0 Å². The molecular formula is C15H16F3N3O2S. The highest BCUT2D eigenvalue weighted by Gasteiger charge is 2.28. The summed E-state index contributed by atoms with van der Waals surface area (Å²) in [5.74, 6) is -1.02. The molecule has 0 fully saturated rings. The molecule has 9 heteroatoms. The Bertz CT molecular complexity index is 901. The first-order valence-corrected chi connectivity index (χ1v) is 7.95. The molecule has 24 heavy (non-hydrogen) atoms. The van der Waals surface area contributed by atoms with E-state index in [1.165, 1.54) is 20.2 Å². The number of benzene rings is 1. The lowest BCUT2D eigenvalue weighted by atomic mass is 10.0. The van der Waals surface area contributed by atoms with Crippen molar-refractivity contribution in [3.05, 3.63) is 44.1 Å². The van der Waals surface area contributed by atoms with Gasteiger partial charge in [0.15, 0.2) is 5.69 Å². The molecule has 0 N–H and O–H groups in total. The first-order valence-electron chi connectivity index (χ1n) is 6.97. The zero-order chi connectivity index (χ0) is 18.2. The smallest absolute Gasteiger partial charge is 0.267 e. The van der Waals surface area contributed by atoms with Gasteiger partial charge in [-0.3, -0.25) is 9.36 Å². The van der Waals surface area contributed by atoms with Gasteiger partial charge in [0, 0.05) is 24.6 Å². The normalized spacial score (nSPS) is 11.8. The third-order valence-corrected chi connectivity index (χ3v) is 4.71. The van der Waals surface area contributed by atoms with Gasteiger partial charge in [0.2, 0.25) is 0 Å². The Kier molecular flexibility index (Phi) is 4.93. The van der Waals surface area contributed by atoms with Crippen molar-refractivity contribution in [2.24, 2.45) is 14.1 Å². The van der Waals surface area contributed by atoms with Crippen LogP contribution in [0, 0.1) is 13.8 Å². The number of aromatic nitrogens is 3. The van der Waals surface area contributed by atoms with E-state index in [2.05, 4.69) is 5.10 Å². The van der Waals surface area contributed by atoms with Crippen molar-refractivity contribution in [3.8, 4) is 11.3 Å². The summed E-state index contributed by atoms with van der Waals surface area (Å²) in [5, 5.41) is 3.98. The zero-order valence-electron chi connectivity index (χ0n) is 13.6. The molecule has 1 aromatic carbocycles. The first-order chi connectivity index (χ1) is 11.0. The largest absolute Gasteiger partial charge is 0.398 e. The summed E-state index contributed by atoms with van der Waals surface area (Å²) in [6, 6.07) is 3.23. The summed E-state index contributed by atoms with van der Waals surface area (Å²) in [5.41, 5.74) is 0.684. The van der Waals surface area contributed by atoms with E-state index in [-0.39, 0.29) is 5.69 Å². The molecule has 5 nitrogen and oxygen atoms in total. The van der Waals surface area contributed by atoms with Crippen LogP contribution in [0.4, 0.5) is 13.2 Å². The number of rotatable bonds is 3. The van der Waals surface area contributed by atoms with Gasteiger partial charge in [0.25, 0.3) is 5.56 Å². The number of hydrogen-bond acceptors (Lipinski definition) is 4. The summed E-state index contributed by atoms with van der Waals surface area (Å²) in [4.78, 5) is 24.5. The standard InChI is InChI=1S/C15H16F3N3O2S/c1-8-5-9(2)11(24-7-15(16,17)18)6-10(8)12-13(22)20(3)14(23)21(4)19-12/h5-6H,7H2,1-4H3. The number of halogens is 3. The fraction of sp³-hybridized carbons (Fsp3) is 0.400. The van der Waals surface area contributed by atoms with Crippen LogP contribution in [-0.2, 0) is 14.1 Å². The number of aryl methyl sites for hydroxylation is 3. The van der Waals surface area contributed by atoms with Gasteiger partial charge in [-0.05, 0) is 31.0 Å². The highest BCUT2D eigenvalue weighted by molar-refractivity contribution is 7.99. The molecule has 130 valence electrons. The molecular weight excluding hydrogens is 343 g/mol. The number of alkyl halides is 3. The SMILES string of the molecule is Cc1cc(C)c(-c2nn(C)c(=O)n(C)c2=O)cc1SCC(F)(F)F. The third-order valence-electron chi connectivity index (χ3n) is 3.49. The maximum atomic E-state index is 12.5. The van der Waals surface area contributed by atoms with E-state index < -0.39 is 23.2 Å². The molecule has 0 spiro atoms. The summed E-state index contributed by atoms with van der Waals surface area (Å²) in [6.45, 7) is 3.45. The fourth-order valence-corrected chi connectivity index (χ4v) is 3.08. The molecule has 0 atom stereocenters. The molecule has 0 aliphatic carbocycles. The predicted octanol–water partition coefficient (Wildman–Crippen LogP) is 2.42. The summed E-state index contributed by atoms with van der Waals surface area (Å²) in [7, 11) is 2.74. The van der Waals surface area contributed by atoms with Crippen LogP contribution in [0.3, 0.4) is 0 Å². The van der Waals surface area contributed by atoms with Crippen molar-refractivity contribution >= 4 is 11.8 Å². The second-order valence-electron chi connectivity index (χ2n) is 5.46. The van der Waals surface area contributed by atoms with Gasteiger partial charge >= 0.3 is 11.9 Å². The molecule has 0 aliphatic heterocycles. The molecule has 2 rings (SSSR count). The van der Waals surface area contributed by atoms with Gasteiger partial charge < -0.3 is 0 Å². The Balaban J connectivity index is 2.60. The second kappa shape index (κ2) is 6.46. The molecule has 0 aliphatic rings. The van der Waals surface area contributed by atoms with Gasteiger partial charge in [-0.15, -0.1) is 11.8 Å². The van der Waals surface area contributed by atoms with Gasteiger partial charge in [-0.2, -0.15) is 18.3 Å². The van der Waals surface area contributed by atoms with Crippen molar-refractivity contribution in [1.29, 1.82) is 0 Å². The zero-order valence-corrected chi connectivity index (χ0v) is 14.4. The van der Waals surface area contributed by atoms with Gasteiger partial charge in [-0.1, -0.05) is 6.07 Å². The maximum Gasteiger partial charge on any atom is 0.398 e. The Hall–Kier alpha value is -2.03. The van der Waals surface area contributed by atoms with Crippen molar-refractivity contribution in [3.63, 3.8) is 0 Å².